The molecule has 2 aromatic carbocycles. The number of ether oxygens (including phenoxy) is 1. The van der Waals surface area contributed by atoms with Crippen LogP contribution in [0.5, 0.6) is 0 Å². The summed E-state index contributed by atoms with van der Waals surface area (Å²) in [5.41, 5.74) is 0.623. The minimum atomic E-state index is -0.782. The molecular weight excluding hydrogens is 398 g/mol. The second-order valence-electron chi connectivity index (χ2n) is 6.89. The van der Waals surface area contributed by atoms with E-state index in [1.54, 1.807) is 55.5 Å². The monoisotopic (exact) mass is 421 g/mol. The number of aryl methyl sites for hydroxylation is 1. The molecule has 0 radical (unpaired) electrons. The van der Waals surface area contributed by atoms with Crippen LogP contribution in [0.3, 0.4) is 0 Å². The van der Waals surface area contributed by atoms with Crippen molar-refractivity contribution in [2.24, 2.45) is 0 Å². The summed E-state index contributed by atoms with van der Waals surface area (Å²) in [5.74, 6) is -1.27. The van der Waals surface area contributed by atoms with E-state index in [4.69, 9.17) is 4.74 Å². The smallest absolute Gasteiger partial charge is 0.359 e. The standard InChI is InChI=1S/C23H23N3O5/c1-3-7-20(28)24-16-12-10-15(11-13-16)19(27)14-31-23(30)21-17-8-5-6-9-18(17)22(29)26(4-2)25-21/h5-6,8-13H,3-4,7,14H2,1-2H3,(H,24,28). The third-order valence-corrected chi connectivity index (χ3v) is 4.66. The Bertz CT molecular complexity index is 1180. The number of nitrogens with zero attached hydrogens (tertiary/aromatic N) is 2. The fourth-order valence-electron chi connectivity index (χ4n) is 3.07. The zero-order valence-electron chi connectivity index (χ0n) is 17.4. The molecule has 1 heterocycles. The third-order valence-electron chi connectivity index (χ3n) is 4.66. The average Bonchev–Trinajstić information content (AvgIpc) is 2.78. The van der Waals surface area contributed by atoms with E-state index in [2.05, 4.69) is 10.4 Å². The Morgan fingerprint density at radius 1 is 1.00 bits per heavy atom. The molecule has 31 heavy (non-hydrogen) atoms. The number of Topliss-reactive ketones (excluding diaryl/α,β-unsaturated/α-hetero) is 1. The topological polar surface area (TPSA) is 107 Å². The summed E-state index contributed by atoms with van der Waals surface area (Å²) in [6, 6.07) is 13.0. The molecule has 8 heteroatoms. The van der Waals surface area contributed by atoms with Gasteiger partial charge in [-0.2, -0.15) is 5.10 Å². The van der Waals surface area contributed by atoms with Gasteiger partial charge < -0.3 is 10.1 Å². The quantitative estimate of drug-likeness (QED) is 0.442. The largest absolute Gasteiger partial charge is 0.452 e. The number of aromatic nitrogens is 2. The molecule has 0 spiro atoms. The molecular formula is C23H23N3O5. The molecule has 1 aromatic heterocycles. The van der Waals surface area contributed by atoms with Gasteiger partial charge in [0.2, 0.25) is 5.91 Å². The van der Waals surface area contributed by atoms with Gasteiger partial charge in [0, 0.05) is 29.6 Å². The van der Waals surface area contributed by atoms with Gasteiger partial charge >= 0.3 is 5.97 Å². The van der Waals surface area contributed by atoms with Crippen molar-refractivity contribution in [1.82, 2.24) is 9.78 Å². The highest BCUT2D eigenvalue weighted by Gasteiger charge is 2.19. The van der Waals surface area contributed by atoms with Crippen molar-refractivity contribution in [3.05, 3.63) is 70.1 Å². The van der Waals surface area contributed by atoms with E-state index in [1.165, 1.54) is 4.68 Å². The fraction of sp³-hybridized carbons (Fsp3) is 0.261. The van der Waals surface area contributed by atoms with E-state index in [0.717, 1.165) is 6.42 Å². The Kier molecular flexibility index (Phi) is 6.92. The van der Waals surface area contributed by atoms with Gasteiger partial charge in [0.1, 0.15) is 0 Å². The van der Waals surface area contributed by atoms with Crippen LogP contribution in [0.25, 0.3) is 10.8 Å². The first-order chi connectivity index (χ1) is 14.9. The first-order valence-corrected chi connectivity index (χ1v) is 10.0. The van der Waals surface area contributed by atoms with E-state index >= 15 is 0 Å². The number of hydrogen-bond donors (Lipinski definition) is 1. The molecule has 160 valence electrons. The van der Waals surface area contributed by atoms with Gasteiger partial charge in [-0.25, -0.2) is 9.48 Å². The van der Waals surface area contributed by atoms with Crippen LogP contribution in [0.2, 0.25) is 0 Å². The number of hydrogen-bond acceptors (Lipinski definition) is 6. The Balaban J connectivity index is 1.71. The fourth-order valence-corrected chi connectivity index (χ4v) is 3.07. The van der Waals surface area contributed by atoms with Crippen LogP contribution in [0, 0.1) is 0 Å². The normalized spacial score (nSPS) is 10.6. The second kappa shape index (κ2) is 9.80. The summed E-state index contributed by atoms with van der Waals surface area (Å²) < 4.78 is 6.37. The van der Waals surface area contributed by atoms with E-state index < -0.39 is 18.4 Å². The molecule has 0 saturated heterocycles. The van der Waals surface area contributed by atoms with Crippen LogP contribution < -0.4 is 10.9 Å². The van der Waals surface area contributed by atoms with E-state index in [0.29, 0.717) is 35.0 Å². The van der Waals surface area contributed by atoms with Crippen molar-refractivity contribution in [3.8, 4) is 0 Å². The van der Waals surface area contributed by atoms with Crippen LogP contribution in [0.4, 0.5) is 5.69 Å². The number of amides is 1. The second-order valence-corrected chi connectivity index (χ2v) is 6.89. The summed E-state index contributed by atoms with van der Waals surface area (Å²) in [4.78, 5) is 49.1. The highest BCUT2D eigenvalue weighted by Crippen LogP contribution is 2.15. The van der Waals surface area contributed by atoms with E-state index in [-0.39, 0.29) is 17.2 Å². The lowest BCUT2D eigenvalue weighted by molar-refractivity contribution is -0.116. The maximum Gasteiger partial charge on any atom is 0.359 e. The number of carbonyl (C=O) groups excluding carboxylic acids is 3. The Hall–Kier alpha value is -3.81. The van der Waals surface area contributed by atoms with Gasteiger partial charge in [0.05, 0.1) is 5.39 Å². The minimum absolute atomic E-state index is 0.0150. The Morgan fingerprint density at radius 3 is 2.32 bits per heavy atom. The van der Waals surface area contributed by atoms with Gasteiger partial charge in [-0.05, 0) is 43.7 Å². The maximum atomic E-state index is 12.6. The number of esters is 1. The summed E-state index contributed by atoms with van der Waals surface area (Å²) in [7, 11) is 0. The van der Waals surface area contributed by atoms with Gasteiger partial charge in [-0.1, -0.05) is 25.1 Å². The highest BCUT2D eigenvalue weighted by atomic mass is 16.5. The molecule has 0 bridgehead atoms. The number of rotatable bonds is 8. The SMILES string of the molecule is CCCC(=O)Nc1ccc(C(=O)COC(=O)c2nn(CC)c(=O)c3ccccc23)cc1. The zero-order chi connectivity index (χ0) is 22.4. The molecule has 0 atom stereocenters. The van der Waals surface area contributed by atoms with Crippen LogP contribution >= 0.6 is 0 Å². The van der Waals surface area contributed by atoms with Crippen LogP contribution in [-0.4, -0.2) is 34.0 Å². The highest BCUT2D eigenvalue weighted by molar-refractivity contribution is 6.04. The predicted octanol–water partition coefficient (Wildman–Crippen LogP) is 3.19. The number of nitrogens with one attached hydrogen (secondary N) is 1. The van der Waals surface area contributed by atoms with Crippen molar-refractivity contribution >= 4 is 34.1 Å². The first kappa shape index (κ1) is 21.9. The lowest BCUT2D eigenvalue weighted by Gasteiger charge is -2.10. The van der Waals surface area contributed by atoms with E-state index in [1.807, 2.05) is 6.92 Å². The third kappa shape index (κ3) is 5.03. The van der Waals surface area contributed by atoms with Crippen molar-refractivity contribution in [3.63, 3.8) is 0 Å². The van der Waals surface area contributed by atoms with E-state index in [9.17, 15) is 19.2 Å². The van der Waals surface area contributed by atoms with Crippen LogP contribution in [0.1, 0.15) is 47.5 Å². The van der Waals surface area contributed by atoms with Gasteiger partial charge in [0.15, 0.2) is 18.1 Å². The number of fused-ring (bicyclic) bond motifs is 1. The van der Waals surface area contributed by atoms with Gasteiger partial charge in [0.25, 0.3) is 5.56 Å². The summed E-state index contributed by atoms with van der Waals surface area (Å²) in [6.07, 6.45) is 1.17. The van der Waals surface area contributed by atoms with Crippen molar-refractivity contribution in [2.75, 3.05) is 11.9 Å². The lowest BCUT2D eigenvalue weighted by atomic mass is 10.1. The summed E-state index contributed by atoms with van der Waals surface area (Å²) in [5, 5.41) is 7.58. The molecule has 0 fully saturated rings. The van der Waals surface area contributed by atoms with Crippen LogP contribution in [-0.2, 0) is 16.1 Å². The Labute approximate surface area is 178 Å². The summed E-state index contributed by atoms with van der Waals surface area (Å²) >= 11 is 0. The molecule has 1 N–H and O–H groups in total. The first-order valence-electron chi connectivity index (χ1n) is 10.0. The van der Waals surface area contributed by atoms with Crippen molar-refractivity contribution in [1.29, 1.82) is 0 Å². The average molecular weight is 421 g/mol. The molecule has 0 unspecified atom stereocenters. The van der Waals surface area contributed by atoms with Crippen LogP contribution in [0.15, 0.2) is 53.3 Å². The number of ketones is 1. The maximum absolute atomic E-state index is 12.6. The number of anilines is 1. The van der Waals surface area contributed by atoms with Crippen molar-refractivity contribution < 1.29 is 19.1 Å². The van der Waals surface area contributed by atoms with Gasteiger partial charge in [-0.15, -0.1) is 0 Å². The number of carbonyl (C=O) groups is 3. The summed E-state index contributed by atoms with van der Waals surface area (Å²) in [6.45, 7) is 3.49. The van der Waals surface area contributed by atoms with Crippen molar-refractivity contribution in [2.45, 2.75) is 33.2 Å². The predicted molar refractivity (Wildman–Crippen MR) is 116 cm³/mol. The zero-order valence-corrected chi connectivity index (χ0v) is 17.4. The molecule has 8 nitrogen and oxygen atoms in total. The molecule has 3 aromatic rings. The Morgan fingerprint density at radius 2 is 1.68 bits per heavy atom. The molecule has 0 aliphatic carbocycles. The molecule has 0 saturated carbocycles. The molecule has 3 rings (SSSR count). The molecule has 1 amide bonds. The lowest BCUT2D eigenvalue weighted by Crippen LogP contribution is -2.26. The molecule has 0 aliphatic heterocycles. The van der Waals surface area contributed by atoms with Gasteiger partial charge in [-0.3, -0.25) is 14.4 Å². The number of benzene rings is 2. The molecule has 0 aliphatic rings. The minimum Gasteiger partial charge on any atom is -0.452 e.